The number of aliphatic hydroxyl groups excluding tert-OH is 1. The van der Waals surface area contributed by atoms with Gasteiger partial charge >= 0.3 is 0 Å². The SMILES string of the molecule is O=S1(=O)c2cccc3cccc(c23)N1C[C@H](O)COCc1ccccc1. The number of nitrogens with zero attached hydrogens (tertiary/aromatic N) is 1. The van der Waals surface area contributed by atoms with Crippen LogP contribution in [0.25, 0.3) is 10.8 Å². The van der Waals surface area contributed by atoms with E-state index in [1.165, 1.54) is 4.31 Å². The van der Waals surface area contributed by atoms with Crippen molar-refractivity contribution in [3.05, 3.63) is 72.3 Å². The van der Waals surface area contributed by atoms with E-state index in [0.717, 1.165) is 10.9 Å². The van der Waals surface area contributed by atoms with Crippen LogP contribution in [0.1, 0.15) is 5.56 Å². The van der Waals surface area contributed by atoms with E-state index in [9.17, 15) is 13.5 Å². The average Bonchev–Trinajstić information content (AvgIpc) is 2.86. The second kappa shape index (κ2) is 6.72. The maximum absolute atomic E-state index is 12.9. The van der Waals surface area contributed by atoms with Gasteiger partial charge in [0.15, 0.2) is 0 Å². The van der Waals surface area contributed by atoms with Crippen molar-refractivity contribution in [3.63, 3.8) is 0 Å². The van der Waals surface area contributed by atoms with Crippen molar-refractivity contribution in [1.82, 2.24) is 0 Å². The predicted octanol–water partition coefficient (Wildman–Crippen LogP) is 2.93. The van der Waals surface area contributed by atoms with E-state index in [-0.39, 0.29) is 13.2 Å². The highest BCUT2D eigenvalue weighted by Crippen LogP contribution is 2.41. The molecule has 3 aromatic rings. The van der Waals surface area contributed by atoms with Crippen molar-refractivity contribution in [2.45, 2.75) is 17.6 Å². The molecule has 1 aliphatic heterocycles. The second-order valence-corrected chi connectivity index (χ2v) is 8.15. The zero-order valence-electron chi connectivity index (χ0n) is 14.1. The molecular weight excluding hydrogens is 350 g/mol. The number of benzene rings is 3. The predicted molar refractivity (Wildman–Crippen MR) is 101 cm³/mol. The quantitative estimate of drug-likeness (QED) is 0.725. The number of ether oxygens (including phenoxy) is 1. The third kappa shape index (κ3) is 2.96. The van der Waals surface area contributed by atoms with Crippen molar-refractivity contribution in [1.29, 1.82) is 0 Å². The number of hydrogen-bond donors (Lipinski definition) is 1. The number of sulfonamides is 1. The fraction of sp³-hybridized carbons (Fsp3) is 0.200. The molecule has 134 valence electrons. The van der Waals surface area contributed by atoms with Crippen LogP contribution in [-0.4, -0.2) is 32.8 Å². The van der Waals surface area contributed by atoms with E-state index < -0.39 is 16.1 Å². The van der Waals surface area contributed by atoms with Gasteiger partial charge in [-0.2, -0.15) is 0 Å². The fourth-order valence-electron chi connectivity index (χ4n) is 3.29. The molecule has 0 radical (unpaired) electrons. The molecule has 0 saturated heterocycles. The smallest absolute Gasteiger partial charge is 0.265 e. The van der Waals surface area contributed by atoms with Gasteiger partial charge in [0.1, 0.15) is 0 Å². The van der Waals surface area contributed by atoms with Crippen molar-refractivity contribution in [3.8, 4) is 0 Å². The molecule has 6 heteroatoms. The lowest BCUT2D eigenvalue weighted by molar-refractivity contribution is 0.0334. The lowest BCUT2D eigenvalue weighted by Gasteiger charge is -2.22. The first-order valence-corrected chi connectivity index (χ1v) is 9.85. The Labute approximate surface area is 152 Å². The molecule has 0 aromatic heterocycles. The van der Waals surface area contributed by atoms with Gasteiger partial charge in [0.2, 0.25) is 0 Å². The van der Waals surface area contributed by atoms with Gasteiger partial charge in [-0.1, -0.05) is 54.6 Å². The molecule has 3 aromatic carbocycles. The minimum atomic E-state index is -3.65. The maximum Gasteiger partial charge on any atom is 0.265 e. The summed E-state index contributed by atoms with van der Waals surface area (Å²) in [6.45, 7) is 0.401. The summed E-state index contributed by atoms with van der Waals surface area (Å²) in [4.78, 5) is 0.294. The number of aliphatic hydroxyl groups is 1. The van der Waals surface area contributed by atoms with Crippen LogP contribution in [-0.2, 0) is 21.4 Å². The Morgan fingerprint density at radius 3 is 2.46 bits per heavy atom. The van der Waals surface area contributed by atoms with E-state index in [4.69, 9.17) is 4.74 Å². The molecule has 1 N–H and O–H groups in total. The number of rotatable bonds is 6. The first kappa shape index (κ1) is 17.0. The third-order valence-electron chi connectivity index (χ3n) is 4.48. The summed E-state index contributed by atoms with van der Waals surface area (Å²) in [5.41, 5.74) is 1.62. The summed E-state index contributed by atoms with van der Waals surface area (Å²) in [6.07, 6.45) is -0.918. The summed E-state index contributed by atoms with van der Waals surface area (Å²) in [5, 5.41) is 11.9. The third-order valence-corrected chi connectivity index (χ3v) is 6.30. The first-order valence-electron chi connectivity index (χ1n) is 8.41. The van der Waals surface area contributed by atoms with Gasteiger partial charge in [-0.05, 0) is 23.1 Å². The number of anilines is 1. The highest BCUT2D eigenvalue weighted by Gasteiger charge is 2.36. The zero-order chi connectivity index (χ0) is 18.1. The van der Waals surface area contributed by atoms with Crippen LogP contribution in [0.2, 0.25) is 0 Å². The van der Waals surface area contributed by atoms with Gasteiger partial charge in [0.05, 0.1) is 36.4 Å². The lowest BCUT2D eigenvalue weighted by Crippen LogP contribution is -2.37. The molecule has 0 saturated carbocycles. The molecule has 0 unspecified atom stereocenters. The summed E-state index contributed by atoms with van der Waals surface area (Å²) < 4.78 is 32.6. The monoisotopic (exact) mass is 369 g/mol. The van der Waals surface area contributed by atoms with E-state index in [0.29, 0.717) is 22.6 Å². The number of β-amino-alcohol motifs (C(OH)–C–C–N with tert-alkyl or cyclic N) is 1. The van der Waals surface area contributed by atoms with E-state index in [1.807, 2.05) is 48.5 Å². The van der Waals surface area contributed by atoms with Crippen LogP contribution < -0.4 is 4.31 Å². The van der Waals surface area contributed by atoms with Crippen LogP contribution >= 0.6 is 0 Å². The average molecular weight is 369 g/mol. The molecule has 0 aliphatic carbocycles. The van der Waals surface area contributed by atoms with Gasteiger partial charge < -0.3 is 9.84 Å². The van der Waals surface area contributed by atoms with Crippen molar-refractivity contribution >= 4 is 26.5 Å². The maximum atomic E-state index is 12.9. The molecule has 0 fully saturated rings. The normalized spacial score (nSPS) is 16.1. The van der Waals surface area contributed by atoms with Crippen LogP contribution in [0.15, 0.2) is 71.6 Å². The highest BCUT2D eigenvalue weighted by atomic mass is 32.2. The Hall–Kier alpha value is -2.41. The van der Waals surface area contributed by atoms with Crippen molar-refractivity contribution in [2.75, 3.05) is 17.5 Å². The molecule has 0 bridgehead atoms. The largest absolute Gasteiger partial charge is 0.389 e. The molecular formula is C20H19NO4S. The minimum absolute atomic E-state index is 0.0368. The van der Waals surface area contributed by atoms with Crippen LogP contribution in [0.4, 0.5) is 5.69 Å². The topological polar surface area (TPSA) is 66.8 Å². The number of hydrogen-bond acceptors (Lipinski definition) is 4. The molecule has 4 rings (SSSR count). The summed E-state index contributed by atoms with van der Waals surface area (Å²) in [5.74, 6) is 0. The van der Waals surface area contributed by atoms with Crippen molar-refractivity contribution in [2.24, 2.45) is 0 Å². The van der Waals surface area contributed by atoms with Crippen molar-refractivity contribution < 1.29 is 18.3 Å². The summed E-state index contributed by atoms with van der Waals surface area (Å²) in [7, 11) is -3.65. The fourth-order valence-corrected chi connectivity index (χ4v) is 5.03. The molecule has 1 heterocycles. The molecule has 1 atom stereocenters. The molecule has 0 spiro atoms. The Balaban J connectivity index is 1.49. The Bertz CT molecular complexity index is 1030. The minimum Gasteiger partial charge on any atom is -0.389 e. The summed E-state index contributed by atoms with van der Waals surface area (Å²) in [6, 6.07) is 20.4. The lowest BCUT2D eigenvalue weighted by atomic mass is 10.1. The Morgan fingerprint density at radius 1 is 0.962 bits per heavy atom. The summed E-state index contributed by atoms with van der Waals surface area (Å²) >= 11 is 0. The molecule has 0 amide bonds. The first-order chi connectivity index (χ1) is 12.6. The van der Waals surface area contributed by atoms with E-state index in [1.54, 1.807) is 18.2 Å². The Kier molecular flexibility index (Phi) is 4.40. The molecule has 1 aliphatic rings. The van der Waals surface area contributed by atoms with Crippen LogP contribution in [0.3, 0.4) is 0 Å². The van der Waals surface area contributed by atoms with E-state index in [2.05, 4.69) is 0 Å². The highest BCUT2D eigenvalue weighted by molar-refractivity contribution is 7.93. The molecule has 26 heavy (non-hydrogen) atoms. The molecule has 5 nitrogen and oxygen atoms in total. The standard InChI is InChI=1S/C20H19NO4S/c22-17(14-25-13-15-6-2-1-3-7-15)12-21-18-10-4-8-16-9-5-11-19(20(16)18)26(21,23)24/h1-11,17,22H,12-14H2/t17-/m0/s1. The van der Waals surface area contributed by atoms with Gasteiger partial charge in [0, 0.05) is 5.39 Å². The van der Waals surface area contributed by atoms with Gasteiger partial charge in [0.25, 0.3) is 10.0 Å². The van der Waals surface area contributed by atoms with Gasteiger partial charge in [-0.15, -0.1) is 0 Å². The van der Waals surface area contributed by atoms with Crippen LogP contribution in [0, 0.1) is 0 Å². The zero-order valence-corrected chi connectivity index (χ0v) is 14.9. The van der Waals surface area contributed by atoms with E-state index >= 15 is 0 Å². The second-order valence-electron chi connectivity index (χ2n) is 6.32. The van der Waals surface area contributed by atoms with Gasteiger partial charge in [-0.25, -0.2) is 8.42 Å². The van der Waals surface area contributed by atoms with Gasteiger partial charge in [-0.3, -0.25) is 4.31 Å². The van der Waals surface area contributed by atoms with Crippen LogP contribution in [0.5, 0.6) is 0 Å². The Morgan fingerprint density at radius 2 is 1.69 bits per heavy atom.